The Kier molecular flexibility index (Phi) is 4.49. The predicted molar refractivity (Wildman–Crippen MR) is 113 cm³/mol. The van der Waals surface area contributed by atoms with E-state index in [0.717, 1.165) is 22.2 Å². The van der Waals surface area contributed by atoms with Crippen molar-refractivity contribution in [2.24, 2.45) is 0 Å². The Morgan fingerprint density at radius 2 is 1.87 bits per heavy atom. The minimum Gasteiger partial charge on any atom is -0.322 e. The molecule has 8 heteroatoms. The molecule has 150 valence electrons. The highest BCUT2D eigenvalue weighted by atomic mass is 35.5. The van der Waals surface area contributed by atoms with E-state index in [1.807, 2.05) is 24.3 Å². The van der Waals surface area contributed by atoms with Crippen LogP contribution in [0, 0.1) is 0 Å². The summed E-state index contributed by atoms with van der Waals surface area (Å²) in [5, 5.41) is 4.17. The Balaban J connectivity index is 1.48. The van der Waals surface area contributed by atoms with Crippen molar-refractivity contribution < 1.29 is 14.4 Å². The van der Waals surface area contributed by atoms with Crippen LogP contribution in [0.15, 0.2) is 42.5 Å². The Hall–Kier alpha value is -2.96. The maximum absolute atomic E-state index is 12.8. The highest BCUT2D eigenvalue weighted by molar-refractivity contribution is 6.38. The van der Waals surface area contributed by atoms with Crippen LogP contribution in [-0.2, 0) is 16.1 Å². The molecule has 1 fully saturated rings. The van der Waals surface area contributed by atoms with Crippen LogP contribution in [-0.4, -0.2) is 33.6 Å². The molecule has 0 radical (unpaired) electrons. The van der Waals surface area contributed by atoms with Crippen molar-refractivity contribution in [3.05, 3.63) is 63.6 Å². The van der Waals surface area contributed by atoms with Crippen LogP contribution in [0.4, 0.5) is 0 Å². The standard InChI is InChI=1S/C22H15Cl2N3O3/c23-13-8-16(24)15-3-4-17(25-18(15)9-13)11-1-2-14-12(7-11)10-27(22(14)30)19-5-6-20(28)26-21(19)29/h1-4,7-9,19H,5-6,10H2,(H,26,28,29). The van der Waals surface area contributed by atoms with Gasteiger partial charge in [-0.15, -0.1) is 0 Å². The first-order valence-electron chi connectivity index (χ1n) is 9.44. The second-order valence-electron chi connectivity index (χ2n) is 7.42. The molecular weight excluding hydrogens is 425 g/mol. The molecule has 1 saturated heterocycles. The van der Waals surface area contributed by atoms with Crippen molar-refractivity contribution in [3.8, 4) is 11.3 Å². The first-order chi connectivity index (χ1) is 14.4. The van der Waals surface area contributed by atoms with E-state index in [4.69, 9.17) is 23.2 Å². The molecular formula is C22H15Cl2N3O3. The Morgan fingerprint density at radius 3 is 2.67 bits per heavy atom. The van der Waals surface area contributed by atoms with Crippen LogP contribution in [0.1, 0.15) is 28.8 Å². The number of piperidine rings is 1. The minimum absolute atomic E-state index is 0.198. The molecule has 0 aliphatic carbocycles. The molecule has 6 nitrogen and oxygen atoms in total. The molecule has 1 aromatic heterocycles. The van der Waals surface area contributed by atoms with Crippen LogP contribution in [0.5, 0.6) is 0 Å². The lowest BCUT2D eigenvalue weighted by atomic mass is 10.0. The number of aromatic nitrogens is 1. The molecule has 3 aromatic rings. The summed E-state index contributed by atoms with van der Waals surface area (Å²) >= 11 is 12.3. The maximum Gasteiger partial charge on any atom is 0.255 e. The van der Waals surface area contributed by atoms with Crippen LogP contribution >= 0.6 is 23.2 Å². The average Bonchev–Trinajstić information content (AvgIpc) is 3.03. The number of hydrogen-bond acceptors (Lipinski definition) is 4. The maximum atomic E-state index is 12.8. The first kappa shape index (κ1) is 19.0. The lowest BCUT2D eigenvalue weighted by Gasteiger charge is -2.29. The van der Waals surface area contributed by atoms with E-state index in [1.54, 1.807) is 18.2 Å². The molecule has 2 aromatic carbocycles. The van der Waals surface area contributed by atoms with Gasteiger partial charge in [-0.25, -0.2) is 4.98 Å². The van der Waals surface area contributed by atoms with E-state index in [2.05, 4.69) is 10.3 Å². The average molecular weight is 440 g/mol. The van der Waals surface area contributed by atoms with Crippen molar-refractivity contribution in [1.82, 2.24) is 15.2 Å². The number of hydrogen-bond donors (Lipinski definition) is 1. The smallest absolute Gasteiger partial charge is 0.255 e. The number of pyridine rings is 1. The van der Waals surface area contributed by atoms with Crippen molar-refractivity contribution in [2.45, 2.75) is 25.4 Å². The van der Waals surface area contributed by atoms with E-state index >= 15 is 0 Å². The van der Waals surface area contributed by atoms with Crippen LogP contribution < -0.4 is 5.32 Å². The number of fused-ring (bicyclic) bond motifs is 2. The largest absolute Gasteiger partial charge is 0.322 e. The summed E-state index contributed by atoms with van der Waals surface area (Å²) < 4.78 is 0. The Bertz CT molecular complexity index is 1260. The van der Waals surface area contributed by atoms with Crippen molar-refractivity contribution in [3.63, 3.8) is 0 Å². The Morgan fingerprint density at radius 1 is 1.03 bits per heavy atom. The SMILES string of the molecule is O=C1CCC(N2Cc3cc(-c4ccc5c(Cl)cc(Cl)cc5n4)ccc3C2=O)C(=O)N1. The summed E-state index contributed by atoms with van der Waals surface area (Å²) in [5.74, 6) is -0.918. The zero-order valence-electron chi connectivity index (χ0n) is 15.6. The zero-order valence-corrected chi connectivity index (χ0v) is 17.1. The molecule has 0 bridgehead atoms. The fraction of sp³-hybridized carbons (Fsp3) is 0.182. The van der Waals surface area contributed by atoms with Gasteiger partial charge in [-0.05, 0) is 48.4 Å². The van der Waals surface area contributed by atoms with Gasteiger partial charge in [0.2, 0.25) is 11.8 Å². The predicted octanol–water partition coefficient (Wildman–Crippen LogP) is 3.97. The summed E-state index contributed by atoms with van der Waals surface area (Å²) in [6.45, 7) is 0.319. The summed E-state index contributed by atoms with van der Waals surface area (Å²) in [7, 11) is 0. The van der Waals surface area contributed by atoms with Crippen LogP contribution in [0.2, 0.25) is 10.0 Å². The fourth-order valence-corrected chi connectivity index (χ4v) is 4.60. The van der Waals surface area contributed by atoms with E-state index in [9.17, 15) is 14.4 Å². The highest BCUT2D eigenvalue weighted by Crippen LogP contribution is 2.33. The van der Waals surface area contributed by atoms with Crippen molar-refractivity contribution >= 4 is 51.8 Å². The second kappa shape index (κ2) is 7.07. The molecule has 0 spiro atoms. The van der Waals surface area contributed by atoms with E-state index in [-0.39, 0.29) is 18.2 Å². The number of nitrogens with zero attached hydrogens (tertiary/aromatic N) is 2. The summed E-state index contributed by atoms with van der Waals surface area (Å²) in [6.07, 6.45) is 0.568. The summed E-state index contributed by atoms with van der Waals surface area (Å²) in [4.78, 5) is 42.7. The normalized spacial score (nSPS) is 18.7. The van der Waals surface area contributed by atoms with Crippen molar-refractivity contribution in [1.29, 1.82) is 0 Å². The topological polar surface area (TPSA) is 79.4 Å². The van der Waals surface area contributed by atoms with E-state index in [0.29, 0.717) is 34.1 Å². The first-order valence-corrected chi connectivity index (χ1v) is 10.2. The number of nitrogens with one attached hydrogen (secondary N) is 1. The molecule has 1 N–H and O–H groups in total. The third-order valence-corrected chi connectivity index (χ3v) is 6.07. The van der Waals surface area contributed by atoms with Gasteiger partial charge in [0.1, 0.15) is 6.04 Å². The van der Waals surface area contributed by atoms with Crippen molar-refractivity contribution in [2.75, 3.05) is 0 Å². The molecule has 2 aliphatic rings. The summed E-state index contributed by atoms with van der Waals surface area (Å²) in [5.41, 5.74) is 3.66. The van der Waals surface area contributed by atoms with Gasteiger partial charge in [-0.2, -0.15) is 0 Å². The van der Waals surface area contributed by atoms with Crippen LogP contribution in [0.25, 0.3) is 22.2 Å². The zero-order chi connectivity index (χ0) is 21.0. The second-order valence-corrected chi connectivity index (χ2v) is 8.27. The third-order valence-electron chi connectivity index (χ3n) is 5.54. The van der Waals surface area contributed by atoms with Gasteiger partial charge in [0.15, 0.2) is 0 Å². The van der Waals surface area contributed by atoms with Gasteiger partial charge in [-0.3, -0.25) is 19.7 Å². The number of carbonyl (C=O) groups is 3. The number of benzene rings is 2. The summed E-state index contributed by atoms with van der Waals surface area (Å²) in [6, 6.07) is 12.1. The van der Waals surface area contributed by atoms with Crippen LogP contribution in [0.3, 0.4) is 0 Å². The number of amides is 3. The molecule has 3 heterocycles. The number of rotatable bonds is 2. The molecule has 1 atom stereocenters. The van der Waals surface area contributed by atoms with Gasteiger partial charge < -0.3 is 4.90 Å². The fourth-order valence-electron chi connectivity index (χ4n) is 4.05. The number of carbonyl (C=O) groups excluding carboxylic acids is 3. The molecule has 5 rings (SSSR count). The van der Waals surface area contributed by atoms with Gasteiger partial charge in [-0.1, -0.05) is 29.3 Å². The van der Waals surface area contributed by atoms with Gasteiger partial charge in [0.05, 0.1) is 16.2 Å². The minimum atomic E-state index is -0.630. The molecule has 30 heavy (non-hydrogen) atoms. The van der Waals surface area contributed by atoms with E-state index in [1.165, 1.54) is 4.90 Å². The number of imide groups is 1. The quantitative estimate of drug-likeness (QED) is 0.612. The Labute approximate surface area is 181 Å². The highest BCUT2D eigenvalue weighted by Gasteiger charge is 2.39. The van der Waals surface area contributed by atoms with Gasteiger partial charge >= 0.3 is 0 Å². The van der Waals surface area contributed by atoms with E-state index < -0.39 is 11.9 Å². The number of halogens is 2. The molecule has 0 saturated carbocycles. The molecule has 3 amide bonds. The molecule has 1 unspecified atom stereocenters. The van der Waals surface area contributed by atoms with Gasteiger partial charge in [0.25, 0.3) is 5.91 Å². The van der Waals surface area contributed by atoms with Gasteiger partial charge in [0, 0.05) is 34.5 Å². The molecule has 2 aliphatic heterocycles. The third kappa shape index (κ3) is 3.13. The lowest BCUT2D eigenvalue weighted by Crippen LogP contribution is -2.52. The lowest BCUT2D eigenvalue weighted by molar-refractivity contribution is -0.136. The monoisotopic (exact) mass is 439 g/mol.